The van der Waals surface area contributed by atoms with E-state index in [4.69, 9.17) is 5.73 Å². The molecule has 3 N–H and O–H groups in total. The lowest BCUT2D eigenvalue weighted by Gasteiger charge is -2.25. The molecule has 0 radical (unpaired) electrons. The molecule has 1 aromatic rings. The number of nitrogens with zero attached hydrogens (tertiary/aromatic N) is 1. The minimum atomic E-state index is -0.261. The standard InChI is InChI=1S/C13H20FN3O/c1-17(2)12(9-16-13(18)7-8-15)10-3-5-11(14)6-4-10/h3-6,12H,7-9,15H2,1-2H3,(H,16,18). The largest absolute Gasteiger partial charge is 0.354 e. The van der Waals surface area contributed by atoms with E-state index < -0.39 is 0 Å². The number of hydrogen-bond donors (Lipinski definition) is 2. The van der Waals surface area contributed by atoms with Crippen molar-refractivity contribution in [1.82, 2.24) is 10.2 Å². The molecule has 0 heterocycles. The van der Waals surface area contributed by atoms with Crippen LogP contribution in [0.1, 0.15) is 18.0 Å². The summed E-state index contributed by atoms with van der Waals surface area (Å²) in [5.74, 6) is -0.324. The minimum absolute atomic E-state index is 0.0207. The van der Waals surface area contributed by atoms with E-state index >= 15 is 0 Å². The van der Waals surface area contributed by atoms with E-state index in [0.717, 1.165) is 5.56 Å². The number of rotatable bonds is 6. The third-order valence-electron chi connectivity index (χ3n) is 2.74. The summed E-state index contributed by atoms with van der Waals surface area (Å²) in [7, 11) is 3.84. The first kappa shape index (κ1) is 14.6. The number of carbonyl (C=O) groups is 1. The number of hydrogen-bond acceptors (Lipinski definition) is 3. The Morgan fingerprint density at radius 3 is 2.50 bits per heavy atom. The van der Waals surface area contributed by atoms with Gasteiger partial charge in [0.1, 0.15) is 5.82 Å². The average Bonchev–Trinajstić information content (AvgIpc) is 2.31. The van der Waals surface area contributed by atoms with Gasteiger partial charge < -0.3 is 16.0 Å². The van der Waals surface area contributed by atoms with Crippen LogP contribution in [0.2, 0.25) is 0 Å². The summed E-state index contributed by atoms with van der Waals surface area (Å²) >= 11 is 0. The number of benzene rings is 1. The van der Waals surface area contributed by atoms with Crippen molar-refractivity contribution >= 4 is 5.91 Å². The van der Waals surface area contributed by atoms with Gasteiger partial charge in [-0.25, -0.2) is 4.39 Å². The smallest absolute Gasteiger partial charge is 0.221 e. The lowest BCUT2D eigenvalue weighted by Crippen LogP contribution is -2.35. The second-order valence-corrected chi connectivity index (χ2v) is 4.37. The van der Waals surface area contributed by atoms with E-state index in [-0.39, 0.29) is 17.8 Å². The lowest BCUT2D eigenvalue weighted by atomic mass is 10.1. The van der Waals surface area contributed by atoms with Gasteiger partial charge in [-0.05, 0) is 31.8 Å². The van der Waals surface area contributed by atoms with Crippen molar-refractivity contribution in [2.24, 2.45) is 5.73 Å². The number of likely N-dealkylation sites (N-methyl/N-ethyl adjacent to an activating group) is 1. The number of halogens is 1. The van der Waals surface area contributed by atoms with Crippen molar-refractivity contribution in [3.8, 4) is 0 Å². The Morgan fingerprint density at radius 2 is 2.00 bits per heavy atom. The minimum Gasteiger partial charge on any atom is -0.354 e. The van der Waals surface area contributed by atoms with Gasteiger partial charge in [0.15, 0.2) is 0 Å². The zero-order chi connectivity index (χ0) is 13.5. The highest BCUT2D eigenvalue weighted by atomic mass is 19.1. The molecule has 1 rings (SSSR count). The van der Waals surface area contributed by atoms with Gasteiger partial charge in [0.05, 0.1) is 6.04 Å². The summed E-state index contributed by atoms with van der Waals surface area (Å²) in [6.45, 7) is 0.826. The first-order chi connectivity index (χ1) is 8.54. The van der Waals surface area contributed by atoms with Gasteiger partial charge in [0, 0.05) is 19.5 Å². The van der Waals surface area contributed by atoms with Gasteiger partial charge >= 0.3 is 0 Å². The van der Waals surface area contributed by atoms with Crippen molar-refractivity contribution in [3.63, 3.8) is 0 Å². The van der Waals surface area contributed by atoms with Crippen LogP contribution >= 0.6 is 0 Å². The topological polar surface area (TPSA) is 58.4 Å². The second kappa shape index (κ2) is 7.08. The maximum atomic E-state index is 12.9. The normalized spacial score (nSPS) is 12.5. The Kier molecular flexibility index (Phi) is 5.74. The zero-order valence-corrected chi connectivity index (χ0v) is 10.8. The summed E-state index contributed by atoms with van der Waals surface area (Å²) in [5.41, 5.74) is 6.28. The lowest BCUT2D eigenvalue weighted by molar-refractivity contribution is -0.121. The molecule has 4 nitrogen and oxygen atoms in total. The number of nitrogens with one attached hydrogen (secondary N) is 1. The first-order valence-electron chi connectivity index (χ1n) is 5.93. The molecule has 1 atom stereocenters. The molecular weight excluding hydrogens is 233 g/mol. The van der Waals surface area contributed by atoms with E-state index in [1.807, 2.05) is 19.0 Å². The van der Waals surface area contributed by atoms with Crippen LogP contribution in [0.25, 0.3) is 0 Å². The molecular formula is C13H20FN3O. The monoisotopic (exact) mass is 253 g/mol. The van der Waals surface area contributed by atoms with E-state index in [1.54, 1.807) is 12.1 Å². The molecule has 0 spiro atoms. The predicted octanol–water partition coefficient (Wildman–Crippen LogP) is 0.893. The first-order valence-corrected chi connectivity index (χ1v) is 5.93. The van der Waals surface area contributed by atoms with E-state index in [1.165, 1.54) is 12.1 Å². The fourth-order valence-electron chi connectivity index (χ4n) is 1.71. The van der Waals surface area contributed by atoms with Crippen molar-refractivity contribution in [2.75, 3.05) is 27.2 Å². The summed E-state index contributed by atoms with van der Waals surface area (Å²) in [6, 6.07) is 6.33. The van der Waals surface area contributed by atoms with Gasteiger partial charge in [-0.1, -0.05) is 12.1 Å². The van der Waals surface area contributed by atoms with Crippen LogP contribution in [-0.2, 0) is 4.79 Å². The second-order valence-electron chi connectivity index (χ2n) is 4.37. The Morgan fingerprint density at radius 1 is 1.39 bits per heavy atom. The van der Waals surface area contributed by atoms with Crippen LogP contribution in [0.3, 0.4) is 0 Å². The van der Waals surface area contributed by atoms with Crippen LogP contribution in [-0.4, -0.2) is 38.0 Å². The van der Waals surface area contributed by atoms with Crippen molar-refractivity contribution in [2.45, 2.75) is 12.5 Å². The summed E-state index contributed by atoms with van der Waals surface area (Å²) in [5, 5.41) is 2.82. The number of nitrogens with two attached hydrogens (primary N) is 1. The highest BCUT2D eigenvalue weighted by Gasteiger charge is 2.14. The summed E-state index contributed by atoms with van der Waals surface area (Å²) < 4.78 is 12.9. The number of amides is 1. The molecule has 1 aromatic carbocycles. The van der Waals surface area contributed by atoms with Gasteiger partial charge in [0.2, 0.25) is 5.91 Å². The van der Waals surface area contributed by atoms with Crippen LogP contribution in [0.5, 0.6) is 0 Å². The molecule has 0 bridgehead atoms. The zero-order valence-electron chi connectivity index (χ0n) is 10.8. The Labute approximate surface area is 107 Å². The summed E-state index contributed by atoms with van der Waals surface area (Å²) in [4.78, 5) is 13.4. The fraction of sp³-hybridized carbons (Fsp3) is 0.462. The quantitative estimate of drug-likeness (QED) is 0.791. The molecule has 0 aliphatic rings. The Balaban J connectivity index is 2.65. The van der Waals surface area contributed by atoms with Gasteiger partial charge in [-0.15, -0.1) is 0 Å². The molecule has 0 aliphatic carbocycles. The maximum absolute atomic E-state index is 12.9. The highest BCUT2D eigenvalue weighted by molar-refractivity contribution is 5.76. The van der Waals surface area contributed by atoms with Crippen LogP contribution in [0.15, 0.2) is 24.3 Å². The van der Waals surface area contributed by atoms with Crippen molar-refractivity contribution < 1.29 is 9.18 Å². The van der Waals surface area contributed by atoms with E-state index in [2.05, 4.69) is 5.32 Å². The van der Waals surface area contributed by atoms with Crippen LogP contribution in [0.4, 0.5) is 4.39 Å². The van der Waals surface area contributed by atoms with Crippen LogP contribution < -0.4 is 11.1 Å². The SMILES string of the molecule is CN(C)C(CNC(=O)CCN)c1ccc(F)cc1. The third-order valence-corrected chi connectivity index (χ3v) is 2.74. The molecule has 0 aromatic heterocycles. The van der Waals surface area contributed by atoms with E-state index in [9.17, 15) is 9.18 Å². The Bertz CT molecular complexity index is 378. The van der Waals surface area contributed by atoms with Crippen molar-refractivity contribution in [3.05, 3.63) is 35.6 Å². The molecule has 0 saturated heterocycles. The number of carbonyl (C=O) groups excluding carboxylic acids is 1. The van der Waals surface area contributed by atoms with E-state index in [0.29, 0.717) is 19.5 Å². The molecule has 18 heavy (non-hydrogen) atoms. The average molecular weight is 253 g/mol. The fourth-order valence-corrected chi connectivity index (χ4v) is 1.71. The highest BCUT2D eigenvalue weighted by Crippen LogP contribution is 2.17. The Hall–Kier alpha value is -1.46. The van der Waals surface area contributed by atoms with Crippen molar-refractivity contribution in [1.29, 1.82) is 0 Å². The molecule has 0 fully saturated rings. The molecule has 5 heteroatoms. The van der Waals surface area contributed by atoms with Gasteiger partial charge in [-0.2, -0.15) is 0 Å². The molecule has 0 saturated carbocycles. The third kappa shape index (κ3) is 4.43. The molecule has 1 amide bonds. The summed E-state index contributed by atoms with van der Waals surface area (Å²) in [6.07, 6.45) is 0.323. The molecule has 1 unspecified atom stereocenters. The predicted molar refractivity (Wildman–Crippen MR) is 69.5 cm³/mol. The van der Waals surface area contributed by atoms with Crippen LogP contribution in [0, 0.1) is 5.82 Å². The molecule has 100 valence electrons. The maximum Gasteiger partial charge on any atom is 0.221 e. The van der Waals surface area contributed by atoms with Gasteiger partial charge in [0.25, 0.3) is 0 Å². The molecule has 0 aliphatic heterocycles. The van der Waals surface area contributed by atoms with Gasteiger partial charge in [-0.3, -0.25) is 4.79 Å².